The molecule has 5 nitrogen and oxygen atoms in total. The summed E-state index contributed by atoms with van der Waals surface area (Å²) in [6.45, 7) is 3.05. The molecule has 0 bridgehead atoms. The van der Waals surface area contributed by atoms with Crippen LogP contribution < -0.4 is 11.1 Å². The lowest BCUT2D eigenvalue weighted by Gasteiger charge is -2.10. The standard InChI is InChI=1S/C13H20N2O3/c1-10-11(14)5-3-6-12(10)15-13(16)9-18-8-4-7-17-2/h3,5-6H,4,7-9,14H2,1-2H3,(H,15,16). The maximum Gasteiger partial charge on any atom is 0.250 e. The van der Waals surface area contributed by atoms with Crippen LogP contribution in [0.3, 0.4) is 0 Å². The van der Waals surface area contributed by atoms with E-state index in [0.29, 0.717) is 18.9 Å². The molecule has 0 atom stereocenters. The highest BCUT2D eigenvalue weighted by Gasteiger charge is 2.06. The number of hydrogen-bond donors (Lipinski definition) is 2. The Morgan fingerprint density at radius 1 is 1.39 bits per heavy atom. The minimum atomic E-state index is -0.180. The molecule has 3 N–H and O–H groups in total. The molecule has 0 aliphatic heterocycles. The van der Waals surface area contributed by atoms with Gasteiger partial charge in [0, 0.05) is 31.7 Å². The topological polar surface area (TPSA) is 73.6 Å². The summed E-state index contributed by atoms with van der Waals surface area (Å²) in [6, 6.07) is 5.41. The van der Waals surface area contributed by atoms with E-state index in [1.165, 1.54) is 0 Å². The molecule has 1 aromatic carbocycles. The molecule has 0 heterocycles. The number of nitrogen functional groups attached to an aromatic ring is 1. The van der Waals surface area contributed by atoms with Crippen LogP contribution in [0.1, 0.15) is 12.0 Å². The number of nitrogens with two attached hydrogens (primary N) is 1. The van der Waals surface area contributed by atoms with Gasteiger partial charge < -0.3 is 20.5 Å². The van der Waals surface area contributed by atoms with Crippen molar-refractivity contribution in [2.45, 2.75) is 13.3 Å². The molecule has 0 unspecified atom stereocenters. The molecule has 0 aromatic heterocycles. The van der Waals surface area contributed by atoms with Crippen molar-refractivity contribution in [3.63, 3.8) is 0 Å². The van der Waals surface area contributed by atoms with Crippen molar-refractivity contribution < 1.29 is 14.3 Å². The molecule has 0 fully saturated rings. The van der Waals surface area contributed by atoms with Gasteiger partial charge in [-0.05, 0) is 31.0 Å². The quantitative estimate of drug-likeness (QED) is 0.570. The third-order valence-corrected chi connectivity index (χ3v) is 2.52. The highest BCUT2D eigenvalue weighted by Crippen LogP contribution is 2.20. The van der Waals surface area contributed by atoms with Gasteiger partial charge in [0.25, 0.3) is 0 Å². The maximum absolute atomic E-state index is 11.6. The largest absolute Gasteiger partial charge is 0.398 e. The Bertz CT molecular complexity index is 394. The van der Waals surface area contributed by atoms with Gasteiger partial charge in [-0.25, -0.2) is 0 Å². The molecule has 18 heavy (non-hydrogen) atoms. The summed E-state index contributed by atoms with van der Waals surface area (Å²) in [5, 5.41) is 2.77. The van der Waals surface area contributed by atoms with E-state index in [4.69, 9.17) is 15.2 Å². The number of methoxy groups -OCH3 is 1. The van der Waals surface area contributed by atoms with Crippen molar-refractivity contribution in [2.75, 3.05) is 38.0 Å². The molecule has 0 aliphatic carbocycles. The first kappa shape index (κ1) is 14.5. The van der Waals surface area contributed by atoms with Crippen LogP contribution in [0, 0.1) is 6.92 Å². The minimum absolute atomic E-state index is 0.0396. The van der Waals surface area contributed by atoms with Gasteiger partial charge in [-0.15, -0.1) is 0 Å². The zero-order chi connectivity index (χ0) is 13.4. The number of benzene rings is 1. The lowest BCUT2D eigenvalue weighted by atomic mass is 10.1. The first-order valence-electron chi connectivity index (χ1n) is 5.86. The number of carbonyl (C=O) groups is 1. The second kappa shape index (κ2) is 7.68. The van der Waals surface area contributed by atoms with E-state index >= 15 is 0 Å². The van der Waals surface area contributed by atoms with Gasteiger partial charge in [0.15, 0.2) is 0 Å². The Hall–Kier alpha value is -1.59. The Morgan fingerprint density at radius 3 is 2.89 bits per heavy atom. The normalized spacial score (nSPS) is 10.3. The first-order chi connectivity index (χ1) is 8.65. The zero-order valence-electron chi connectivity index (χ0n) is 10.9. The Balaban J connectivity index is 2.34. The van der Waals surface area contributed by atoms with E-state index in [9.17, 15) is 4.79 Å². The molecule has 1 rings (SSSR count). The number of rotatable bonds is 7. The van der Waals surface area contributed by atoms with Crippen molar-refractivity contribution >= 4 is 17.3 Å². The summed E-state index contributed by atoms with van der Waals surface area (Å²) in [4.78, 5) is 11.6. The predicted molar refractivity (Wildman–Crippen MR) is 71.5 cm³/mol. The summed E-state index contributed by atoms with van der Waals surface area (Å²) in [7, 11) is 1.63. The molecule has 0 saturated heterocycles. The van der Waals surface area contributed by atoms with Gasteiger partial charge in [0.2, 0.25) is 5.91 Å². The first-order valence-corrected chi connectivity index (χ1v) is 5.86. The van der Waals surface area contributed by atoms with Gasteiger partial charge in [0.05, 0.1) is 0 Å². The van der Waals surface area contributed by atoms with Gasteiger partial charge in [-0.1, -0.05) is 6.07 Å². The molecule has 1 amide bonds. The molecular formula is C13H20N2O3. The average molecular weight is 252 g/mol. The molecular weight excluding hydrogens is 232 g/mol. The van der Waals surface area contributed by atoms with Crippen molar-refractivity contribution in [1.29, 1.82) is 0 Å². The van der Waals surface area contributed by atoms with Crippen LogP contribution in [0.2, 0.25) is 0 Å². The van der Waals surface area contributed by atoms with Crippen LogP contribution in [0.15, 0.2) is 18.2 Å². The second-order valence-corrected chi connectivity index (χ2v) is 3.97. The van der Waals surface area contributed by atoms with E-state index in [1.807, 2.05) is 13.0 Å². The van der Waals surface area contributed by atoms with E-state index in [1.54, 1.807) is 19.2 Å². The molecule has 5 heteroatoms. The molecule has 0 radical (unpaired) electrons. The van der Waals surface area contributed by atoms with Crippen LogP contribution in [-0.2, 0) is 14.3 Å². The SMILES string of the molecule is COCCCOCC(=O)Nc1cccc(N)c1C. The number of hydrogen-bond acceptors (Lipinski definition) is 4. The summed E-state index contributed by atoms with van der Waals surface area (Å²) < 4.78 is 10.1. The van der Waals surface area contributed by atoms with Gasteiger partial charge in [-0.2, -0.15) is 0 Å². The van der Waals surface area contributed by atoms with E-state index in [0.717, 1.165) is 17.7 Å². The highest BCUT2D eigenvalue weighted by atomic mass is 16.5. The number of nitrogens with one attached hydrogen (secondary N) is 1. The summed E-state index contributed by atoms with van der Waals surface area (Å²) in [5.41, 5.74) is 8.00. The van der Waals surface area contributed by atoms with Gasteiger partial charge in [-0.3, -0.25) is 4.79 Å². The van der Waals surface area contributed by atoms with Gasteiger partial charge in [0.1, 0.15) is 6.61 Å². The fourth-order valence-corrected chi connectivity index (χ4v) is 1.45. The van der Waals surface area contributed by atoms with Crippen molar-refractivity contribution in [3.8, 4) is 0 Å². The van der Waals surface area contributed by atoms with Crippen LogP contribution in [0.4, 0.5) is 11.4 Å². The van der Waals surface area contributed by atoms with Crippen molar-refractivity contribution in [1.82, 2.24) is 0 Å². The van der Waals surface area contributed by atoms with Crippen LogP contribution in [0.25, 0.3) is 0 Å². The fraction of sp³-hybridized carbons (Fsp3) is 0.462. The lowest BCUT2D eigenvalue weighted by Crippen LogP contribution is -2.19. The zero-order valence-corrected chi connectivity index (χ0v) is 10.9. The maximum atomic E-state index is 11.6. The molecule has 0 saturated carbocycles. The summed E-state index contributed by atoms with van der Waals surface area (Å²) in [6.07, 6.45) is 0.779. The highest BCUT2D eigenvalue weighted by molar-refractivity contribution is 5.93. The van der Waals surface area contributed by atoms with Crippen molar-refractivity contribution in [3.05, 3.63) is 23.8 Å². The van der Waals surface area contributed by atoms with E-state index in [-0.39, 0.29) is 12.5 Å². The third kappa shape index (κ3) is 4.73. The third-order valence-electron chi connectivity index (χ3n) is 2.52. The number of ether oxygens (including phenoxy) is 2. The Labute approximate surface area is 107 Å². The number of carbonyl (C=O) groups excluding carboxylic acids is 1. The molecule has 100 valence electrons. The lowest BCUT2D eigenvalue weighted by molar-refractivity contribution is -0.120. The average Bonchev–Trinajstić information content (AvgIpc) is 2.35. The Morgan fingerprint density at radius 2 is 2.17 bits per heavy atom. The second-order valence-electron chi connectivity index (χ2n) is 3.97. The van der Waals surface area contributed by atoms with Crippen molar-refractivity contribution in [2.24, 2.45) is 0 Å². The van der Waals surface area contributed by atoms with E-state index in [2.05, 4.69) is 5.32 Å². The minimum Gasteiger partial charge on any atom is -0.398 e. The molecule has 0 spiro atoms. The number of anilines is 2. The van der Waals surface area contributed by atoms with Crippen LogP contribution in [0.5, 0.6) is 0 Å². The fourth-order valence-electron chi connectivity index (χ4n) is 1.45. The van der Waals surface area contributed by atoms with Crippen LogP contribution >= 0.6 is 0 Å². The molecule has 0 aliphatic rings. The predicted octanol–water partition coefficient (Wildman–Crippen LogP) is 1.57. The van der Waals surface area contributed by atoms with Crippen LogP contribution in [-0.4, -0.2) is 32.8 Å². The Kier molecular flexibility index (Phi) is 6.18. The summed E-state index contributed by atoms with van der Waals surface area (Å²) in [5.74, 6) is -0.180. The smallest absolute Gasteiger partial charge is 0.250 e. The van der Waals surface area contributed by atoms with E-state index < -0.39 is 0 Å². The number of amides is 1. The van der Waals surface area contributed by atoms with Gasteiger partial charge >= 0.3 is 0 Å². The summed E-state index contributed by atoms with van der Waals surface area (Å²) >= 11 is 0. The monoisotopic (exact) mass is 252 g/mol. The molecule has 1 aromatic rings.